The maximum absolute atomic E-state index is 6.23. The van der Waals surface area contributed by atoms with Crippen LogP contribution in [0.4, 0.5) is 0 Å². The zero-order valence-corrected chi connectivity index (χ0v) is 15.8. The van der Waals surface area contributed by atoms with E-state index in [0.717, 1.165) is 33.6 Å². The molecule has 0 aliphatic rings. The van der Waals surface area contributed by atoms with Crippen LogP contribution in [0, 0.1) is 13.8 Å². The van der Waals surface area contributed by atoms with Crippen LogP contribution in [0.5, 0.6) is 0 Å². The number of halogens is 1. The van der Waals surface area contributed by atoms with E-state index in [-0.39, 0.29) is 5.28 Å². The maximum atomic E-state index is 6.23. The number of hydrogen-bond donors (Lipinski definition) is 0. The standard InChI is InChI=1S/C22H17ClN4/c1-14-12-13-17(15(2)24-14)18-10-6-7-11-19(18)21-25-20(26-22(23)27-21)16-8-4-3-5-9-16/h3-13H,1-2H3. The summed E-state index contributed by atoms with van der Waals surface area (Å²) in [5, 5.41) is 0.174. The lowest BCUT2D eigenvalue weighted by atomic mass is 9.98. The van der Waals surface area contributed by atoms with Crippen LogP contribution in [0.3, 0.4) is 0 Å². The van der Waals surface area contributed by atoms with Crippen LogP contribution in [-0.4, -0.2) is 19.9 Å². The number of pyridine rings is 1. The Balaban J connectivity index is 1.89. The van der Waals surface area contributed by atoms with E-state index < -0.39 is 0 Å². The number of aromatic nitrogens is 4. The van der Waals surface area contributed by atoms with Crippen LogP contribution in [0.1, 0.15) is 11.4 Å². The fourth-order valence-corrected chi connectivity index (χ4v) is 3.23. The molecule has 0 radical (unpaired) electrons. The molecule has 5 heteroatoms. The number of nitrogens with zero attached hydrogens (tertiary/aromatic N) is 4. The Morgan fingerprint density at radius 1 is 0.593 bits per heavy atom. The van der Waals surface area contributed by atoms with E-state index in [4.69, 9.17) is 11.6 Å². The minimum Gasteiger partial charge on any atom is -0.258 e. The van der Waals surface area contributed by atoms with Gasteiger partial charge < -0.3 is 0 Å². The van der Waals surface area contributed by atoms with Crippen molar-refractivity contribution in [3.63, 3.8) is 0 Å². The van der Waals surface area contributed by atoms with Gasteiger partial charge in [0.15, 0.2) is 11.6 Å². The third kappa shape index (κ3) is 3.57. The van der Waals surface area contributed by atoms with Crippen LogP contribution < -0.4 is 0 Å². The highest BCUT2D eigenvalue weighted by molar-refractivity contribution is 6.28. The molecule has 132 valence electrons. The van der Waals surface area contributed by atoms with Crippen molar-refractivity contribution in [3.05, 3.63) is 83.4 Å². The maximum Gasteiger partial charge on any atom is 0.226 e. The van der Waals surface area contributed by atoms with Crippen molar-refractivity contribution in [2.45, 2.75) is 13.8 Å². The smallest absolute Gasteiger partial charge is 0.226 e. The third-order valence-corrected chi connectivity index (χ3v) is 4.49. The summed E-state index contributed by atoms with van der Waals surface area (Å²) >= 11 is 6.23. The Kier molecular flexibility index (Phi) is 4.65. The summed E-state index contributed by atoms with van der Waals surface area (Å²) < 4.78 is 0. The minimum atomic E-state index is 0.174. The second-order valence-electron chi connectivity index (χ2n) is 6.25. The summed E-state index contributed by atoms with van der Waals surface area (Å²) in [5.74, 6) is 1.10. The predicted octanol–water partition coefficient (Wildman–Crippen LogP) is 5.54. The summed E-state index contributed by atoms with van der Waals surface area (Å²) in [6.07, 6.45) is 0. The molecule has 0 aliphatic carbocycles. The Labute approximate surface area is 163 Å². The van der Waals surface area contributed by atoms with Crippen LogP contribution in [-0.2, 0) is 0 Å². The summed E-state index contributed by atoms with van der Waals surface area (Å²) in [7, 11) is 0. The largest absolute Gasteiger partial charge is 0.258 e. The van der Waals surface area contributed by atoms with E-state index in [1.54, 1.807) is 0 Å². The van der Waals surface area contributed by atoms with Crippen molar-refractivity contribution in [2.24, 2.45) is 0 Å². The Morgan fingerprint density at radius 3 is 2.00 bits per heavy atom. The first-order chi connectivity index (χ1) is 13.1. The lowest BCUT2D eigenvalue weighted by molar-refractivity contribution is 1.07. The Morgan fingerprint density at radius 2 is 1.26 bits per heavy atom. The molecule has 4 rings (SSSR count). The van der Waals surface area contributed by atoms with Gasteiger partial charge in [-0.2, -0.15) is 9.97 Å². The first-order valence-corrected chi connectivity index (χ1v) is 9.00. The highest BCUT2D eigenvalue weighted by atomic mass is 35.5. The number of hydrogen-bond acceptors (Lipinski definition) is 4. The van der Waals surface area contributed by atoms with Crippen LogP contribution in [0.25, 0.3) is 33.9 Å². The fraction of sp³-hybridized carbons (Fsp3) is 0.0909. The Bertz CT molecular complexity index is 1110. The lowest BCUT2D eigenvalue weighted by Crippen LogP contribution is -1.99. The lowest BCUT2D eigenvalue weighted by Gasteiger charge is -2.12. The molecule has 2 heterocycles. The van der Waals surface area contributed by atoms with Gasteiger partial charge in [0.05, 0.1) is 0 Å². The molecule has 0 amide bonds. The van der Waals surface area contributed by atoms with Gasteiger partial charge in [-0.25, -0.2) is 4.98 Å². The number of benzene rings is 2. The van der Waals surface area contributed by atoms with Crippen LogP contribution in [0.15, 0.2) is 66.7 Å². The molecule has 4 nitrogen and oxygen atoms in total. The van der Waals surface area contributed by atoms with Gasteiger partial charge in [-0.05, 0) is 37.1 Å². The van der Waals surface area contributed by atoms with Crippen molar-refractivity contribution in [2.75, 3.05) is 0 Å². The van der Waals surface area contributed by atoms with Crippen molar-refractivity contribution < 1.29 is 0 Å². The summed E-state index contributed by atoms with van der Waals surface area (Å²) in [4.78, 5) is 17.9. The number of aryl methyl sites for hydroxylation is 2. The average Bonchev–Trinajstić information content (AvgIpc) is 2.68. The fourth-order valence-electron chi connectivity index (χ4n) is 3.07. The van der Waals surface area contributed by atoms with E-state index in [1.807, 2.05) is 68.4 Å². The van der Waals surface area contributed by atoms with Gasteiger partial charge >= 0.3 is 0 Å². The first-order valence-electron chi connectivity index (χ1n) is 8.63. The van der Waals surface area contributed by atoms with Gasteiger partial charge in [0.1, 0.15) is 0 Å². The summed E-state index contributed by atoms with van der Waals surface area (Å²) in [6, 6.07) is 21.9. The van der Waals surface area contributed by atoms with Gasteiger partial charge in [-0.1, -0.05) is 60.7 Å². The van der Waals surface area contributed by atoms with E-state index in [1.165, 1.54) is 0 Å². The van der Waals surface area contributed by atoms with E-state index >= 15 is 0 Å². The predicted molar refractivity (Wildman–Crippen MR) is 108 cm³/mol. The van der Waals surface area contributed by atoms with Gasteiger partial charge in [0, 0.05) is 28.1 Å². The number of rotatable bonds is 3. The SMILES string of the molecule is Cc1ccc(-c2ccccc2-c2nc(Cl)nc(-c3ccccc3)n2)c(C)n1. The molecule has 0 bridgehead atoms. The zero-order chi connectivity index (χ0) is 18.8. The van der Waals surface area contributed by atoms with Gasteiger partial charge in [0.25, 0.3) is 0 Å². The molecule has 0 aliphatic heterocycles. The molecule has 0 spiro atoms. The molecular formula is C22H17ClN4. The van der Waals surface area contributed by atoms with E-state index in [9.17, 15) is 0 Å². The highest BCUT2D eigenvalue weighted by Crippen LogP contribution is 2.32. The quantitative estimate of drug-likeness (QED) is 0.474. The molecule has 2 aromatic heterocycles. The minimum absolute atomic E-state index is 0.174. The highest BCUT2D eigenvalue weighted by Gasteiger charge is 2.15. The van der Waals surface area contributed by atoms with Crippen LogP contribution in [0.2, 0.25) is 5.28 Å². The molecule has 0 atom stereocenters. The third-order valence-electron chi connectivity index (χ3n) is 4.32. The van der Waals surface area contributed by atoms with Gasteiger partial charge in [0.2, 0.25) is 5.28 Å². The molecule has 0 fully saturated rings. The van der Waals surface area contributed by atoms with Crippen molar-refractivity contribution in [1.82, 2.24) is 19.9 Å². The van der Waals surface area contributed by atoms with Crippen molar-refractivity contribution >= 4 is 11.6 Å². The Hall–Kier alpha value is -3.11. The molecule has 27 heavy (non-hydrogen) atoms. The van der Waals surface area contributed by atoms with E-state index in [2.05, 4.69) is 32.1 Å². The average molecular weight is 373 g/mol. The topological polar surface area (TPSA) is 51.6 Å². The monoisotopic (exact) mass is 372 g/mol. The molecular weight excluding hydrogens is 356 g/mol. The second-order valence-corrected chi connectivity index (χ2v) is 6.59. The first kappa shape index (κ1) is 17.3. The van der Waals surface area contributed by atoms with Gasteiger partial charge in [-0.15, -0.1) is 0 Å². The normalized spacial score (nSPS) is 10.8. The molecule has 0 unspecified atom stereocenters. The second kappa shape index (κ2) is 7.25. The molecule has 4 aromatic rings. The molecule has 0 saturated heterocycles. The molecule has 2 aromatic carbocycles. The van der Waals surface area contributed by atoms with E-state index in [0.29, 0.717) is 11.6 Å². The molecule has 0 saturated carbocycles. The van der Waals surface area contributed by atoms with Crippen molar-refractivity contribution in [1.29, 1.82) is 0 Å². The van der Waals surface area contributed by atoms with Crippen LogP contribution >= 0.6 is 11.6 Å². The summed E-state index contributed by atoms with van der Waals surface area (Å²) in [6.45, 7) is 4.00. The van der Waals surface area contributed by atoms with Gasteiger partial charge in [-0.3, -0.25) is 4.98 Å². The molecule has 0 N–H and O–H groups in total. The van der Waals surface area contributed by atoms with Crippen molar-refractivity contribution in [3.8, 4) is 33.9 Å². The summed E-state index contributed by atoms with van der Waals surface area (Å²) in [5.41, 5.74) is 5.81. The zero-order valence-electron chi connectivity index (χ0n) is 15.0.